The van der Waals surface area contributed by atoms with Crippen molar-refractivity contribution >= 4 is 28.2 Å². The smallest absolute Gasteiger partial charge is 0.227 e. The maximum absolute atomic E-state index is 13.6. The number of para-hydroxylation sites is 1. The van der Waals surface area contributed by atoms with Crippen LogP contribution in [0, 0.1) is 0 Å². The Morgan fingerprint density at radius 3 is 2.47 bits per heavy atom. The van der Waals surface area contributed by atoms with Crippen molar-refractivity contribution in [2.45, 2.75) is 31.7 Å². The molecule has 1 aromatic heterocycles. The van der Waals surface area contributed by atoms with E-state index in [0.29, 0.717) is 6.42 Å². The van der Waals surface area contributed by atoms with Crippen LogP contribution in [0.2, 0.25) is 0 Å². The molecule has 3 aromatic carbocycles. The minimum Gasteiger partial charge on any atom is -0.368 e. The van der Waals surface area contributed by atoms with Crippen LogP contribution in [-0.2, 0) is 17.6 Å². The molecular weight excluding hydrogens is 444 g/mol. The van der Waals surface area contributed by atoms with Gasteiger partial charge in [0.1, 0.15) is 0 Å². The van der Waals surface area contributed by atoms with E-state index in [1.165, 1.54) is 27.7 Å². The lowest BCUT2D eigenvalue weighted by molar-refractivity contribution is -0.119. The predicted octanol–water partition coefficient (Wildman–Crippen LogP) is 5.27. The Labute approximate surface area is 213 Å². The summed E-state index contributed by atoms with van der Waals surface area (Å²) in [4.78, 5) is 24.1. The number of hydrogen-bond acceptors (Lipinski definition) is 3. The molecule has 0 spiro atoms. The van der Waals surface area contributed by atoms with Crippen LogP contribution >= 0.6 is 0 Å². The van der Waals surface area contributed by atoms with E-state index in [9.17, 15) is 4.79 Å². The standard InChI is InChI=1S/C31H34N4O/c36-31(16-13-24-7-2-1-3-8-24)35-26(15-14-25-9-4-5-11-29(25)35)23-33-19-21-34(22-20-33)30-12-6-10-28-27(30)17-18-32-28/h1-12,17-18,26,32H,13-16,19-23H2. The number of rotatable bonds is 6. The molecule has 1 amide bonds. The molecule has 0 saturated carbocycles. The number of amides is 1. The van der Waals surface area contributed by atoms with E-state index >= 15 is 0 Å². The Morgan fingerprint density at radius 2 is 1.61 bits per heavy atom. The number of benzene rings is 3. The van der Waals surface area contributed by atoms with E-state index in [1.54, 1.807) is 0 Å². The first-order valence-corrected chi connectivity index (χ1v) is 13.2. The van der Waals surface area contributed by atoms with Gasteiger partial charge in [0.05, 0.1) is 0 Å². The van der Waals surface area contributed by atoms with Gasteiger partial charge >= 0.3 is 0 Å². The maximum Gasteiger partial charge on any atom is 0.227 e. The number of carbonyl (C=O) groups is 1. The number of hydrogen-bond donors (Lipinski definition) is 1. The van der Waals surface area contributed by atoms with Crippen LogP contribution in [0.5, 0.6) is 0 Å². The first-order chi connectivity index (χ1) is 17.8. The van der Waals surface area contributed by atoms with Crippen molar-refractivity contribution in [2.24, 2.45) is 0 Å². The Kier molecular flexibility index (Phi) is 6.48. The van der Waals surface area contributed by atoms with Crippen LogP contribution in [0.25, 0.3) is 10.9 Å². The van der Waals surface area contributed by atoms with Crippen molar-refractivity contribution in [2.75, 3.05) is 42.5 Å². The van der Waals surface area contributed by atoms with E-state index in [2.05, 4.69) is 92.5 Å². The van der Waals surface area contributed by atoms with Crippen molar-refractivity contribution in [3.8, 4) is 0 Å². The molecule has 0 radical (unpaired) electrons. The normalized spacial score (nSPS) is 18.4. The number of carbonyl (C=O) groups excluding carboxylic acids is 1. The van der Waals surface area contributed by atoms with E-state index in [4.69, 9.17) is 0 Å². The molecule has 5 nitrogen and oxygen atoms in total. The first kappa shape index (κ1) is 22.9. The predicted molar refractivity (Wildman–Crippen MR) is 148 cm³/mol. The van der Waals surface area contributed by atoms with Crippen LogP contribution in [0.1, 0.15) is 24.0 Å². The lowest BCUT2D eigenvalue weighted by Gasteiger charge is -2.42. The molecule has 5 heteroatoms. The summed E-state index contributed by atoms with van der Waals surface area (Å²) in [5.41, 5.74) is 6.15. The molecule has 36 heavy (non-hydrogen) atoms. The number of anilines is 2. The molecule has 4 aromatic rings. The molecule has 1 unspecified atom stereocenters. The highest BCUT2D eigenvalue weighted by Crippen LogP contribution is 2.32. The highest BCUT2D eigenvalue weighted by atomic mass is 16.2. The van der Waals surface area contributed by atoms with E-state index in [1.807, 2.05) is 12.3 Å². The Morgan fingerprint density at radius 1 is 0.833 bits per heavy atom. The van der Waals surface area contributed by atoms with Gasteiger partial charge in [-0.15, -0.1) is 0 Å². The number of aryl methyl sites for hydroxylation is 2. The SMILES string of the molecule is O=C(CCc1ccccc1)N1c2ccccc2CCC1CN1CCN(c2cccc3[nH]ccc23)CC1. The van der Waals surface area contributed by atoms with Gasteiger partial charge in [-0.25, -0.2) is 0 Å². The minimum atomic E-state index is 0.225. The van der Waals surface area contributed by atoms with Crippen LogP contribution in [0.4, 0.5) is 11.4 Å². The summed E-state index contributed by atoms with van der Waals surface area (Å²) < 4.78 is 0. The summed E-state index contributed by atoms with van der Waals surface area (Å²) in [5.74, 6) is 0.244. The summed E-state index contributed by atoms with van der Waals surface area (Å²) in [5, 5.41) is 1.30. The van der Waals surface area contributed by atoms with Crippen molar-refractivity contribution in [1.82, 2.24) is 9.88 Å². The van der Waals surface area contributed by atoms with Crippen LogP contribution in [0.3, 0.4) is 0 Å². The highest BCUT2D eigenvalue weighted by molar-refractivity contribution is 5.95. The number of piperazine rings is 1. The zero-order chi connectivity index (χ0) is 24.3. The zero-order valence-corrected chi connectivity index (χ0v) is 20.8. The van der Waals surface area contributed by atoms with Gasteiger partial charge in [0.25, 0.3) is 0 Å². The molecule has 1 atom stereocenters. The van der Waals surface area contributed by atoms with Crippen LogP contribution in [0.15, 0.2) is 85.1 Å². The summed E-state index contributed by atoms with van der Waals surface area (Å²) in [6.07, 6.45) is 5.42. The van der Waals surface area contributed by atoms with Gasteiger partial charge in [-0.05, 0) is 54.7 Å². The third kappa shape index (κ3) is 4.63. The molecule has 6 rings (SSSR count). The average Bonchev–Trinajstić information content (AvgIpc) is 3.42. The quantitative estimate of drug-likeness (QED) is 0.411. The number of H-pyrrole nitrogens is 1. The van der Waals surface area contributed by atoms with Crippen LogP contribution in [-0.4, -0.2) is 54.6 Å². The van der Waals surface area contributed by atoms with Crippen molar-refractivity contribution in [1.29, 1.82) is 0 Å². The molecule has 0 bridgehead atoms. The molecule has 3 heterocycles. The molecule has 184 valence electrons. The monoisotopic (exact) mass is 478 g/mol. The van der Waals surface area contributed by atoms with Gasteiger partial charge in [0.15, 0.2) is 0 Å². The highest BCUT2D eigenvalue weighted by Gasteiger charge is 2.32. The third-order valence-electron chi connectivity index (χ3n) is 7.86. The zero-order valence-electron chi connectivity index (χ0n) is 20.8. The molecule has 0 aliphatic carbocycles. The number of aromatic nitrogens is 1. The van der Waals surface area contributed by atoms with Crippen molar-refractivity contribution in [3.63, 3.8) is 0 Å². The summed E-state index contributed by atoms with van der Waals surface area (Å²) in [6.45, 7) is 4.99. The van der Waals surface area contributed by atoms with Gasteiger partial charge in [-0.2, -0.15) is 0 Å². The van der Waals surface area contributed by atoms with Crippen molar-refractivity contribution in [3.05, 3.63) is 96.2 Å². The maximum atomic E-state index is 13.6. The van der Waals surface area contributed by atoms with Crippen molar-refractivity contribution < 1.29 is 4.79 Å². The second kappa shape index (κ2) is 10.2. The van der Waals surface area contributed by atoms with Gasteiger partial charge in [-0.3, -0.25) is 9.69 Å². The Balaban J connectivity index is 1.14. The lowest BCUT2D eigenvalue weighted by Crippen LogP contribution is -2.54. The van der Waals surface area contributed by atoms with E-state index < -0.39 is 0 Å². The molecule has 2 aliphatic heterocycles. The van der Waals surface area contributed by atoms with Gasteiger partial charge < -0.3 is 14.8 Å². The molecule has 1 N–H and O–H groups in total. The molecule has 1 saturated heterocycles. The third-order valence-corrected chi connectivity index (χ3v) is 7.86. The molecule has 1 fully saturated rings. The fourth-order valence-electron chi connectivity index (χ4n) is 5.95. The van der Waals surface area contributed by atoms with Gasteiger partial charge in [0.2, 0.25) is 5.91 Å². The van der Waals surface area contributed by atoms with E-state index in [-0.39, 0.29) is 11.9 Å². The fraction of sp³-hybridized carbons (Fsp3) is 0.323. The second-order valence-corrected chi connectivity index (χ2v) is 10.1. The Bertz CT molecular complexity index is 1320. The first-order valence-electron chi connectivity index (χ1n) is 13.2. The topological polar surface area (TPSA) is 42.6 Å². The number of nitrogens with one attached hydrogen (secondary N) is 1. The summed E-state index contributed by atoms with van der Waals surface area (Å²) in [6, 6.07) is 27.7. The molecular formula is C31H34N4O. The average molecular weight is 479 g/mol. The summed E-state index contributed by atoms with van der Waals surface area (Å²) >= 11 is 0. The number of aromatic amines is 1. The largest absolute Gasteiger partial charge is 0.368 e. The fourth-order valence-corrected chi connectivity index (χ4v) is 5.95. The van der Waals surface area contributed by atoms with Gasteiger partial charge in [-0.1, -0.05) is 54.6 Å². The number of nitrogens with zero attached hydrogens (tertiary/aromatic N) is 3. The van der Waals surface area contributed by atoms with E-state index in [0.717, 1.165) is 57.7 Å². The Hall–Kier alpha value is -3.57. The molecule has 2 aliphatic rings. The summed E-state index contributed by atoms with van der Waals surface area (Å²) in [7, 11) is 0. The minimum absolute atomic E-state index is 0.225. The lowest BCUT2D eigenvalue weighted by atomic mass is 9.94. The number of fused-ring (bicyclic) bond motifs is 2. The second-order valence-electron chi connectivity index (χ2n) is 10.1. The van der Waals surface area contributed by atoms with Crippen LogP contribution < -0.4 is 9.80 Å². The van der Waals surface area contributed by atoms with Gasteiger partial charge in [0, 0.05) is 73.7 Å².